The Hall–Kier alpha value is -1.42. The summed E-state index contributed by atoms with van der Waals surface area (Å²) in [7, 11) is 0. The zero-order valence-corrected chi connectivity index (χ0v) is 14.3. The molecule has 122 valence electrons. The van der Waals surface area contributed by atoms with Crippen LogP contribution in [-0.4, -0.2) is 29.0 Å². The van der Waals surface area contributed by atoms with Gasteiger partial charge in [-0.15, -0.1) is 0 Å². The highest BCUT2D eigenvalue weighted by molar-refractivity contribution is 6.30. The Morgan fingerprint density at radius 1 is 1.26 bits per heavy atom. The van der Waals surface area contributed by atoms with Crippen molar-refractivity contribution in [2.24, 2.45) is 0 Å². The maximum atomic E-state index is 6.09. The molecule has 1 aliphatic rings. The van der Waals surface area contributed by atoms with E-state index in [1.165, 1.54) is 24.0 Å². The molecule has 2 aromatic rings. The number of nitrogens with one attached hydrogen (secondary N) is 1. The Balaban J connectivity index is 1.47. The molecule has 1 aromatic heterocycles. The van der Waals surface area contributed by atoms with Crippen LogP contribution in [0.15, 0.2) is 48.8 Å². The third kappa shape index (κ3) is 4.77. The monoisotopic (exact) mass is 329 g/mol. The van der Waals surface area contributed by atoms with Crippen molar-refractivity contribution in [3.8, 4) is 0 Å². The van der Waals surface area contributed by atoms with E-state index < -0.39 is 0 Å². The second-order valence-electron chi connectivity index (χ2n) is 6.36. The van der Waals surface area contributed by atoms with E-state index in [-0.39, 0.29) is 0 Å². The van der Waals surface area contributed by atoms with Gasteiger partial charge < -0.3 is 5.32 Å². The van der Waals surface area contributed by atoms with Gasteiger partial charge in [0.2, 0.25) is 0 Å². The van der Waals surface area contributed by atoms with E-state index in [9.17, 15) is 0 Å². The van der Waals surface area contributed by atoms with Gasteiger partial charge in [-0.1, -0.05) is 29.8 Å². The van der Waals surface area contributed by atoms with Gasteiger partial charge in [0.05, 0.1) is 0 Å². The lowest BCUT2D eigenvalue weighted by Crippen LogP contribution is -2.42. The van der Waals surface area contributed by atoms with Crippen LogP contribution in [0, 0.1) is 0 Å². The minimum atomic E-state index is 0.337. The zero-order valence-electron chi connectivity index (χ0n) is 13.6. The van der Waals surface area contributed by atoms with Crippen LogP contribution in [0.2, 0.25) is 5.02 Å². The van der Waals surface area contributed by atoms with E-state index >= 15 is 0 Å². The summed E-state index contributed by atoms with van der Waals surface area (Å²) in [5.74, 6) is 0. The SMILES string of the molecule is C[C@H](NC1CCN(Cc2cccnc2)CC1)c1cccc(Cl)c1. The maximum Gasteiger partial charge on any atom is 0.0409 e. The Kier molecular flexibility index (Phi) is 5.65. The molecule has 1 aliphatic heterocycles. The van der Waals surface area contributed by atoms with Crippen molar-refractivity contribution in [2.45, 2.75) is 38.4 Å². The molecule has 0 radical (unpaired) electrons. The second kappa shape index (κ2) is 7.91. The molecule has 3 rings (SSSR count). The first-order valence-electron chi connectivity index (χ1n) is 8.33. The number of aromatic nitrogens is 1. The fourth-order valence-electron chi connectivity index (χ4n) is 3.23. The molecular weight excluding hydrogens is 306 g/mol. The van der Waals surface area contributed by atoms with Crippen molar-refractivity contribution in [2.75, 3.05) is 13.1 Å². The highest BCUT2D eigenvalue weighted by Crippen LogP contribution is 2.20. The van der Waals surface area contributed by atoms with Gasteiger partial charge in [-0.2, -0.15) is 0 Å². The zero-order chi connectivity index (χ0) is 16.1. The molecule has 2 heterocycles. The number of pyridine rings is 1. The van der Waals surface area contributed by atoms with Gasteiger partial charge in [-0.25, -0.2) is 0 Å². The quantitative estimate of drug-likeness (QED) is 0.897. The van der Waals surface area contributed by atoms with E-state index in [1.807, 2.05) is 30.6 Å². The fraction of sp³-hybridized carbons (Fsp3) is 0.421. The molecule has 0 saturated carbocycles. The summed E-state index contributed by atoms with van der Waals surface area (Å²) in [6, 6.07) is 13.2. The molecule has 23 heavy (non-hydrogen) atoms. The van der Waals surface area contributed by atoms with Gasteiger partial charge in [0, 0.05) is 36.0 Å². The van der Waals surface area contributed by atoms with E-state index in [0.717, 1.165) is 24.7 Å². The Labute approximate surface area is 143 Å². The summed E-state index contributed by atoms with van der Waals surface area (Å²) in [5, 5.41) is 4.56. The van der Waals surface area contributed by atoms with Crippen LogP contribution in [0.5, 0.6) is 0 Å². The van der Waals surface area contributed by atoms with Crippen molar-refractivity contribution >= 4 is 11.6 Å². The van der Waals surface area contributed by atoms with Gasteiger partial charge in [0.25, 0.3) is 0 Å². The van der Waals surface area contributed by atoms with Gasteiger partial charge >= 0.3 is 0 Å². The predicted octanol–water partition coefficient (Wildman–Crippen LogP) is 4.05. The number of benzene rings is 1. The van der Waals surface area contributed by atoms with Gasteiger partial charge in [0.1, 0.15) is 0 Å². The largest absolute Gasteiger partial charge is 0.307 e. The van der Waals surface area contributed by atoms with Gasteiger partial charge in [-0.3, -0.25) is 9.88 Å². The molecule has 0 unspecified atom stereocenters. The highest BCUT2D eigenvalue weighted by Gasteiger charge is 2.21. The summed E-state index contributed by atoms with van der Waals surface area (Å²) in [5.41, 5.74) is 2.56. The lowest BCUT2D eigenvalue weighted by Gasteiger charge is -2.34. The Bertz CT molecular complexity index is 609. The number of piperidine rings is 1. The molecule has 1 atom stereocenters. The first-order chi connectivity index (χ1) is 11.2. The van der Waals surface area contributed by atoms with Crippen molar-refractivity contribution in [3.63, 3.8) is 0 Å². The number of halogens is 1. The summed E-state index contributed by atoms with van der Waals surface area (Å²) in [4.78, 5) is 6.71. The smallest absolute Gasteiger partial charge is 0.0409 e. The number of rotatable bonds is 5. The first kappa shape index (κ1) is 16.4. The third-order valence-corrected chi connectivity index (χ3v) is 4.79. The van der Waals surface area contributed by atoms with Gasteiger partial charge in [-0.05, 0) is 62.2 Å². The van der Waals surface area contributed by atoms with Crippen LogP contribution in [0.3, 0.4) is 0 Å². The summed E-state index contributed by atoms with van der Waals surface area (Å²) >= 11 is 6.09. The Morgan fingerprint density at radius 3 is 2.78 bits per heavy atom. The van der Waals surface area contributed by atoms with Crippen LogP contribution in [0.1, 0.15) is 36.9 Å². The summed E-state index contributed by atoms with van der Waals surface area (Å²) in [6.45, 7) is 5.49. The normalized spacial score (nSPS) is 18.0. The van der Waals surface area contributed by atoms with Gasteiger partial charge in [0.15, 0.2) is 0 Å². The van der Waals surface area contributed by atoms with E-state index in [4.69, 9.17) is 11.6 Å². The first-order valence-corrected chi connectivity index (χ1v) is 8.71. The highest BCUT2D eigenvalue weighted by atomic mass is 35.5. The summed E-state index contributed by atoms with van der Waals surface area (Å²) < 4.78 is 0. The van der Waals surface area contributed by atoms with Crippen molar-refractivity contribution in [1.82, 2.24) is 15.2 Å². The summed E-state index contributed by atoms with van der Waals surface area (Å²) in [6.07, 6.45) is 6.17. The maximum absolute atomic E-state index is 6.09. The average Bonchev–Trinajstić information content (AvgIpc) is 2.57. The van der Waals surface area contributed by atoms with Crippen molar-refractivity contribution in [1.29, 1.82) is 0 Å². The standard InChI is InChI=1S/C19H24ClN3/c1-15(17-5-2-6-18(20)12-17)22-19-7-10-23(11-8-19)14-16-4-3-9-21-13-16/h2-6,9,12-13,15,19,22H,7-8,10-11,14H2,1H3/t15-/m0/s1. The lowest BCUT2D eigenvalue weighted by atomic mass is 10.0. The van der Waals surface area contributed by atoms with Crippen LogP contribution < -0.4 is 5.32 Å². The third-order valence-electron chi connectivity index (χ3n) is 4.55. The lowest BCUT2D eigenvalue weighted by molar-refractivity contribution is 0.185. The molecular formula is C19H24ClN3. The van der Waals surface area contributed by atoms with Crippen LogP contribution in [0.25, 0.3) is 0 Å². The molecule has 1 N–H and O–H groups in total. The van der Waals surface area contributed by atoms with Crippen LogP contribution >= 0.6 is 11.6 Å². The number of nitrogens with zero attached hydrogens (tertiary/aromatic N) is 2. The van der Waals surface area contributed by atoms with Crippen LogP contribution in [0.4, 0.5) is 0 Å². The minimum Gasteiger partial charge on any atom is -0.307 e. The minimum absolute atomic E-state index is 0.337. The molecule has 1 saturated heterocycles. The van der Waals surface area contributed by atoms with E-state index in [2.05, 4.69) is 40.3 Å². The molecule has 0 bridgehead atoms. The fourth-order valence-corrected chi connectivity index (χ4v) is 3.43. The predicted molar refractivity (Wildman–Crippen MR) is 95.5 cm³/mol. The molecule has 1 aromatic carbocycles. The molecule has 0 spiro atoms. The molecule has 1 fully saturated rings. The second-order valence-corrected chi connectivity index (χ2v) is 6.79. The molecule has 0 aliphatic carbocycles. The average molecular weight is 330 g/mol. The topological polar surface area (TPSA) is 28.2 Å². The van der Waals surface area contributed by atoms with E-state index in [0.29, 0.717) is 12.1 Å². The number of likely N-dealkylation sites (tertiary alicyclic amines) is 1. The number of hydrogen-bond donors (Lipinski definition) is 1. The molecule has 4 heteroatoms. The number of hydrogen-bond acceptors (Lipinski definition) is 3. The molecule has 0 amide bonds. The van der Waals surface area contributed by atoms with Crippen molar-refractivity contribution < 1.29 is 0 Å². The van der Waals surface area contributed by atoms with Crippen molar-refractivity contribution in [3.05, 3.63) is 64.9 Å². The van der Waals surface area contributed by atoms with Crippen LogP contribution in [-0.2, 0) is 6.54 Å². The molecule has 3 nitrogen and oxygen atoms in total. The Morgan fingerprint density at radius 2 is 2.09 bits per heavy atom. The van der Waals surface area contributed by atoms with E-state index in [1.54, 1.807) is 0 Å².